The van der Waals surface area contributed by atoms with E-state index in [-0.39, 0.29) is 11.5 Å². The first-order chi connectivity index (χ1) is 9.67. The van der Waals surface area contributed by atoms with Crippen LogP contribution in [-0.4, -0.2) is 40.7 Å². The van der Waals surface area contributed by atoms with Crippen LogP contribution in [0.3, 0.4) is 0 Å². The van der Waals surface area contributed by atoms with E-state index >= 15 is 0 Å². The fourth-order valence-corrected chi connectivity index (χ4v) is 3.91. The summed E-state index contributed by atoms with van der Waals surface area (Å²) in [5.74, 6) is 0. The molecule has 0 bridgehead atoms. The number of nitrogens with zero attached hydrogens (tertiary/aromatic N) is 1. The van der Waals surface area contributed by atoms with E-state index in [1.165, 1.54) is 0 Å². The fraction of sp³-hybridized carbons (Fsp3) is 0.938. The molecule has 2 rings (SSSR count). The van der Waals surface area contributed by atoms with Gasteiger partial charge in [-0.2, -0.15) is 0 Å². The molecule has 1 aliphatic heterocycles. The molecule has 0 N–H and O–H groups in total. The maximum atomic E-state index is 14.3. The van der Waals surface area contributed by atoms with Gasteiger partial charge in [-0.3, -0.25) is 0 Å². The molecule has 2 fully saturated rings. The van der Waals surface area contributed by atoms with Gasteiger partial charge in [-0.25, -0.2) is 9.18 Å². The van der Waals surface area contributed by atoms with Gasteiger partial charge in [-0.05, 0) is 64.7 Å². The molecule has 0 aromatic carbocycles. The average Bonchev–Trinajstić information content (AvgIpc) is 2.42. The van der Waals surface area contributed by atoms with Crippen LogP contribution < -0.4 is 0 Å². The topological polar surface area (TPSA) is 29.5 Å². The normalized spacial score (nSPS) is 24.9. The molecular weight excluding hydrogens is 337 g/mol. The van der Waals surface area contributed by atoms with Crippen molar-refractivity contribution in [2.75, 3.05) is 18.4 Å². The molecule has 1 saturated carbocycles. The van der Waals surface area contributed by atoms with Gasteiger partial charge < -0.3 is 9.64 Å². The standard InChI is InChI=1S/C16H27BrFNO2/c1-14(2,3)21-13(20)19-10-8-15(9-11-19)4-6-16(18,12-17)7-5-15/h4-12H2,1-3H3. The molecule has 3 nitrogen and oxygen atoms in total. The quantitative estimate of drug-likeness (QED) is 0.633. The smallest absolute Gasteiger partial charge is 0.410 e. The summed E-state index contributed by atoms with van der Waals surface area (Å²) in [6, 6.07) is 0. The predicted molar refractivity (Wildman–Crippen MR) is 85.6 cm³/mol. The number of carbonyl (C=O) groups is 1. The summed E-state index contributed by atoms with van der Waals surface area (Å²) in [5, 5.41) is 0.445. The maximum Gasteiger partial charge on any atom is 0.410 e. The van der Waals surface area contributed by atoms with Crippen molar-refractivity contribution in [1.29, 1.82) is 0 Å². The van der Waals surface area contributed by atoms with Crippen LogP contribution in [0.4, 0.5) is 9.18 Å². The molecule has 21 heavy (non-hydrogen) atoms. The first-order valence-electron chi connectivity index (χ1n) is 7.90. The van der Waals surface area contributed by atoms with Crippen molar-refractivity contribution in [1.82, 2.24) is 4.90 Å². The highest BCUT2D eigenvalue weighted by molar-refractivity contribution is 9.09. The number of rotatable bonds is 1. The second kappa shape index (κ2) is 6.05. The number of amides is 1. The first kappa shape index (κ1) is 17.0. The minimum absolute atomic E-state index is 0.214. The Morgan fingerprint density at radius 1 is 1.14 bits per heavy atom. The van der Waals surface area contributed by atoms with Gasteiger partial charge in [0.2, 0.25) is 0 Å². The van der Waals surface area contributed by atoms with Gasteiger partial charge in [-0.1, -0.05) is 15.9 Å². The predicted octanol–water partition coefficient (Wildman–Crippen LogP) is 4.68. The van der Waals surface area contributed by atoms with Crippen molar-refractivity contribution in [3.05, 3.63) is 0 Å². The lowest BCUT2D eigenvalue weighted by molar-refractivity contribution is -0.0110. The Morgan fingerprint density at radius 3 is 2.10 bits per heavy atom. The van der Waals surface area contributed by atoms with Gasteiger partial charge >= 0.3 is 6.09 Å². The van der Waals surface area contributed by atoms with E-state index in [1.54, 1.807) is 4.90 Å². The summed E-state index contributed by atoms with van der Waals surface area (Å²) in [7, 11) is 0. The molecule has 0 radical (unpaired) electrons. The van der Waals surface area contributed by atoms with Crippen molar-refractivity contribution in [2.45, 2.75) is 70.6 Å². The highest BCUT2D eigenvalue weighted by Gasteiger charge is 2.44. The molecule has 0 unspecified atom stereocenters. The molecule has 1 amide bonds. The Balaban J connectivity index is 1.85. The molecule has 122 valence electrons. The van der Waals surface area contributed by atoms with E-state index in [0.717, 1.165) is 38.8 Å². The minimum atomic E-state index is -1.02. The highest BCUT2D eigenvalue weighted by Crippen LogP contribution is 2.49. The number of halogens is 2. The number of alkyl halides is 2. The van der Waals surface area contributed by atoms with E-state index < -0.39 is 11.3 Å². The molecule has 1 saturated heterocycles. The third-order valence-corrected chi connectivity index (χ3v) is 5.93. The summed E-state index contributed by atoms with van der Waals surface area (Å²) in [5.41, 5.74) is -1.22. The fourth-order valence-electron chi connectivity index (χ4n) is 3.35. The van der Waals surface area contributed by atoms with Crippen LogP contribution in [-0.2, 0) is 4.74 Å². The van der Waals surface area contributed by atoms with E-state index in [0.29, 0.717) is 18.2 Å². The van der Waals surface area contributed by atoms with Crippen molar-refractivity contribution in [3.63, 3.8) is 0 Å². The molecule has 1 aliphatic carbocycles. The zero-order valence-corrected chi connectivity index (χ0v) is 15.0. The molecule has 0 atom stereocenters. The maximum absolute atomic E-state index is 14.3. The highest BCUT2D eigenvalue weighted by atomic mass is 79.9. The number of likely N-dealkylation sites (tertiary alicyclic amines) is 1. The molecule has 5 heteroatoms. The SMILES string of the molecule is CC(C)(C)OC(=O)N1CCC2(CC1)CCC(F)(CBr)CC2. The van der Waals surface area contributed by atoms with Gasteiger partial charge in [0.05, 0.1) is 0 Å². The van der Waals surface area contributed by atoms with Gasteiger partial charge in [0.25, 0.3) is 0 Å². The summed E-state index contributed by atoms with van der Waals surface area (Å²) in [6.45, 7) is 7.14. The molecular formula is C16H27BrFNO2. The van der Waals surface area contributed by atoms with E-state index in [2.05, 4.69) is 15.9 Å². The lowest BCUT2D eigenvalue weighted by atomic mass is 9.65. The van der Waals surface area contributed by atoms with Crippen LogP contribution in [0.15, 0.2) is 0 Å². The lowest BCUT2D eigenvalue weighted by Gasteiger charge is -2.47. The van der Waals surface area contributed by atoms with Crippen molar-refractivity contribution in [3.8, 4) is 0 Å². The van der Waals surface area contributed by atoms with Crippen LogP contribution in [0.25, 0.3) is 0 Å². The van der Waals surface area contributed by atoms with Crippen LogP contribution in [0.1, 0.15) is 59.3 Å². The summed E-state index contributed by atoms with van der Waals surface area (Å²) in [4.78, 5) is 13.9. The monoisotopic (exact) mass is 363 g/mol. The van der Waals surface area contributed by atoms with Crippen LogP contribution in [0.2, 0.25) is 0 Å². The van der Waals surface area contributed by atoms with Crippen molar-refractivity contribution in [2.24, 2.45) is 5.41 Å². The first-order valence-corrected chi connectivity index (χ1v) is 9.02. The zero-order valence-electron chi connectivity index (χ0n) is 13.4. The summed E-state index contributed by atoms with van der Waals surface area (Å²) >= 11 is 3.29. The summed E-state index contributed by atoms with van der Waals surface area (Å²) < 4.78 is 19.7. The number of hydrogen-bond donors (Lipinski definition) is 0. The van der Waals surface area contributed by atoms with Crippen LogP contribution >= 0.6 is 15.9 Å². The molecule has 0 aromatic heterocycles. The van der Waals surface area contributed by atoms with E-state index in [9.17, 15) is 9.18 Å². The largest absolute Gasteiger partial charge is 0.444 e. The van der Waals surface area contributed by atoms with Gasteiger partial charge in [-0.15, -0.1) is 0 Å². The Hall–Kier alpha value is -0.320. The van der Waals surface area contributed by atoms with Gasteiger partial charge in [0.15, 0.2) is 0 Å². The molecule has 2 aliphatic rings. The molecule has 1 heterocycles. The van der Waals surface area contributed by atoms with Crippen LogP contribution in [0, 0.1) is 5.41 Å². The number of ether oxygens (including phenoxy) is 1. The zero-order chi connectivity index (χ0) is 15.7. The van der Waals surface area contributed by atoms with Gasteiger partial charge in [0, 0.05) is 18.4 Å². The Labute approximate surface area is 135 Å². The summed E-state index contributed by atoms with van der Waals surface area (Å²) in [6.07, 6.45) is 4.91. The molecule has 0 aromatic rings. The minimum Gasteiger partial charge on any atom is -0.444 e. The van der Waals surface area contributed by atoms with Crippen LogP contribution in [0.5, 0.6) is 0 Å². The second-order valence-electron chi connectivity index (χ2n) is 7.75. The third-order valence-electron chi connectivity index (χ3n) is 4.92. The lowest BCUT2D eigenvalue weighted by Crippen LogP contribution is -2.47. The number of hydrogen-bond acceptors (Lipinski definition) is 2. The van der Waals surface area contributed by atoms with Gasteiger partial charge in [0.1, 0.15) is 11.3 Å². The average molecular weight is 364 g/mol. The van der Waals surface area contributed by atoms with E-state index in [4.69, 9.17) is 4.74 Å². The Morgan fingerprint density at radius 2 is 1.67 bits per heavy atom. The Kier molecular flexibility index (Phi) is 4.91. The molecule has 1 spiro atoms. The number of carbonyl (C=O) groups excluding carboxylic acids is 1. The second-order valence-corrected chi connectivity index (χ2v) is 8.31. The van der Waals surface area contributed by atoms with E-state index in [1.807, 2.05) is 20.8 Å². The Bertz CT molecular complexity index is 376. The third kappa shape index (κ3) is 4.33. The van der Waals surface area contributed by atoms with Crippen molar-refractivity contribution < 1.29 is 13.9 Å². The number of piperidine rings is 1. The van der Waals surface area contributed by atoms with Crippen molar-refractivity contribution >= 4 is 22.0 Å².